The molecule has 1 aromatic carbocycles. The fraction of sp³-hybridized carbons (Fsp3) is 0.364. The van der Waals surface area contributed by atoms with Crippen LogP contribution in [0, 0.1) is 6.92 Å². The number of carbonyl (C=O) groups excluding carboxylic acids is 2. The molecule has 2 amide bonds. The van der Waals surface area contributed by atoms with Gasteiger partial charge in [-0.15, -0.1) is 0 Å². The van der Waals surface area contributed by atoms with Gasteiger partial charge in [0.2, 0.25) is 5.91 Å². The summed E-state index contributed by atoms with van der Waals surface area (Å²) in [5.41, 5.74) is 4.62. The Morgan fingerprint density at radius 3 is 2.59 bits per heavy atom. The summed E-state index contributed by atoms with van der Waals surface area (Å²) in [5.74, 6) is -0.322. The predicted octanol–water partition coefficient (Wildman–Crippen LogP) is 2.15. The summed E-state index contributed by atoms with van der Waals surface area (Å²) in [6.45, 7) is 6.06. The lowest BCUT2D eigenvalue weighted by Gasteiger charge is -2.35. The van der Waals surface area contributed by atoms with Crippen LogP contribution in [-0.2, 0) is 18.4 Å². The van der Waals surface area contributed by atoms with Crippen LogP contribution in [0.2, 0.25) is 0 Å². The zero-order valence-corrected chi connectivity index (χ0v) is 16.9. The Hall–Kier alpha value is -3.06. The number of hydrogen-bond acceptors (Lipinski definition) is 4. The minimum Gasteiger partial charge on any atom is -0.463 e. The molecule has 3 heterocycles. The Morgan fingerprint density at radius 2 is 1.86 bits per heavy atom. The van der Waals surface area contributed by atoms with Gasteiger partial charge >= 0.3 is 0 Å². The number of piperazine rings is 1. The number of benzene rings is 1. The largest absolute Gasteiger partial charge is 0.463 e. The summed E-state index contributed by atoms with van der Waals surface area (Å²) >= 11 is 0. The first-order chi connectivity index (χ1) is 14.0. The molecule has 0 saturated carbocycles. The van der Waals surface area contributed by atoms with Crippen molar-refractivity contribution in [2.24, 2.45) is 7.05 Å². The van der Waals surface area contributed by atoms with E-state index in [1.165, 1.54) is 11.1 Å². The molecule has 152 valence electrons. The highest BCUT2D eigenvalue weighted by Crippen LogP contribution is 2.19. The Balaban J connectivity index is 1.26. The highest BCUT2D eigenvalue weighted by atomic mass is 16.3. The average molecular weight is 394 g/mol. The normalized spacial score (nSPS) is 15.0. The van der Waals surface area contributed by atoms with Crippen molar-refractivity contribution in [3.63, 3.8) is 0 Å². The number of nitrogens with one attached hydrogen (secondary N) is 1. The van der Waals surface area contributed by atoms with E-state index in [2.05, 4.69) is 41.4 Å². The van der Waals surface area contributed by atoms with E-state index >= 15 is 0 Å². The van der Waals surface area contributed by atoms with Crippen LogP contribution in [0.1, 0.15) is 21.6 Å². The molecule has 1 aliphatic heterocycles. The number of hydrogen-bond donors (Lipinski definition) is 1. The third-order valence-electron chi connectivity index (χ3n) is 5.68. The Kier molecular flexibility index (Phi) is 5.40. The molecule has 29 heavy (non-hydrogen) atoms. The second-order valence-electron chi connectivity index (χ2n) is 7.52. The minimum absolute atomic E-state index is 0.00314. The van der Waals surface area contributed by atoms with E-state index in [1.807, 2.05) is 18.0 Å². The smallest absolute Gasteiger partial charge is 0.268 e. The number of furan rings is 1. The van der Waals surface area contributed by atoms with E-state index in [0.29, 0.717) is 24.4 Å². The lowest BCUT2D eigenvalue weighted by atomic mass is 10.1. The number of amides is 2. The molecule has 0 aliphatic carbocycles. The summed E-state index contributed by atoms with van der Waals surface area (Å²) in [4.78, 5) is 29.2. The van der Waals surface area contributed by atoms with Gasteiger partial charge in [-0.3, -0.25) is 14.5 Å². The molecule has 3 aromatic rings. The lowest BCUT2D eigenvalue weighted by Crippen LogP contribution is -2.51. The maximum atomic E-state index is 12.5. The zero-order valence-electron chi connectivity index (χ0n) is 16.9. The van der Waals surface area contributed by atoms with Crippen molar-refractivity contribution in [3.05, 3.63) is 59.5 Å². The number of fused-ring (bicyclic) bond motifs is 1. The zero-order chi connectivity index (χ0) is 20.4. The van der Waals surface area contributed by atoms with Crippen LogP contribution in [0.5, 0.6) is 0 Å². The second kappa shape index (κ2) is 8.13. The van der Waals surface area contributed by atoms with Crippen LogP contribution < -0.4 is 5.32 Å². The van der Waals surface area contributed by atoms with E-state index in [1.54, 1.807) is 16.9 Å². The van der Waals surface area contributed by atoms with Crippen molar-refractivity contribution in [2.45, 2.75) is 13.5 Å². The van der Waals surface area contributed by atoms with Gasteiger partial charge < -0.3 is 19.2 Å². The lowest BCUT2D eigenvalue weighted by molar-refractivity contribution is -0.131. The monoisotopic (exact) mass is 394 g/mol. The van der Waals surface area contributed by atoms with Gasteiger partial charge in [-0.1, -0.05) is 24.3 Å². The van der Waals surface area contributed by atoms with Gasteiger partial charge in [-0.05, 0) is 18.1 Å². The molecule has 4 rings (SSSR count). The van der Waals surface area contributed by atoms with E-state index < -0.39 is 0 Å². The Labute approximate surface area is 169 Å². The van der Waals surface area contributed by atoms with Gasteiger partial charge in [-0.25, -0.2) is 0 Å². The first-order valence-corrected chi connectivity index (χ1v) is 9.88. The maximum Gasteiger partial charge on any atom is 0.268 e. The average Bonchev–Trinajstić information content (AvgIpc) is 3.31. The quantitative estimate of drug-likeness (QED) is 0.720. The number of nitrogens with zero attached hydrogens (tertiary/aromatic N) is 3. The van der Waals surface area contributed by atoms with Crippen LogP contribution in [0.15, 0.2) is 47.1 Å². The second-order valence-corrected chi connectivity index (χ2v) is 7.52. The summed E-state index contributed by atoms with van der Waals surface area (Å²) < 4.78 is 7.10. The van der Waals surface area contributed by atoms with Crippen molar-refractivity contribution in [1.29, 1.82) is 0 Å². The molecule has 2 aromatic heterocycles. The summed E-state index contributed by atoms with van der Waals surface area (Å²) in [7, 11) is 1.81. The van der Waals surface area contributed by atoms with Gasteiger partial charge in [0.15, 0.2) is 5.58 Å². The molecule has 0 bridgehead atoms. The first-order valence-electron chi connectivity index (χ1n) is 9.88. The fourth-order valence-electron chi connectivity index (χ4n) is 3.81. The van der Waals surface area contributed by atoms with Gasteiger partial charge in [0.05, 0.1) is 18.3 Å². The van der Waals surface area contributed by atoms with E-state index in [4.69, 9.17) is 4.42 Å². The molecule has 1 saturated heterocycles. The third kappa shape index (κ3) is 4.05. The van der Waals surface area contributed by atoms with Crippen molar-refractivity contribution in [2.75, 3.05) is 32.7 Å². The minimum atomic E-state index is -0.273. The van der Waals surface area contributed by atoms with Gasteiger partial charge in [0, 0.05) is 51.9 Å². The number of carbonyl (C=O) groups is 2. The molecule has 0 unspecified atom stereocenters. The molecular weight excluding hydrogens is 368 g/mol. The van der Waals surface area contributed by atoms with Crippen molar-refractivity contribution >= 4 is 22.9 Å². The van der Waals surface area contributed by atoms with Crippen LogP contribution in [0.25, 0.3) is 11.1 Å². The molecular formula is C22H26N4O3. The number of aromatic nitrogens is 1. The first kappa shape index (κ1) is 19.3. The summed E-state index contributed by atoms with van der Waals surface area (Å²) in [6, 6.07) is 11.9. The summed E-state index contributed by atoms with van der Waals surface area (Å²) in [6.07, 6.45) is 1.59. The molecule has 1 aliphatic rings. The Morgan fingerprint density at radius 1 is 1.10 bits per heavy atom. The highest BCUT2D eigenvalue weighted by Gasteiger charge is 2.22. The molecule has 1 fully saturated rings. The van der Waals surface area contributed by atoms with E-state index in [9.17, 15) is 9.59 Å². The molecule has 0 atom stereocenters. The van der Waals surface area contributed by atoms with Crippen molar-refractivity contribution in [1.82, 2.24) is 19.7 Å². The predicted molar refractivity (Wildman–Crippen MR) is 111 cm³/mol. The highest BCUT2D eigenvalue weighted by molar-refractivity contribution is 5.99. The fourth-order valence-corrected chi connectivity index (χ4v) is 3.81. The third-order valence-corrected chi connectivity index (χ3v) is 5.68. The molecule has 1 N–H and O–H groups in total. The van der Waals surface area contributed by atoms with E-state index in [0.717, 1.165) is 25.2 Å². The van der Waals surface area contributed by atoms with Crippen molar-refractivity contribution < 1.29 is 14.0 Å². The standard InChI is InChI=1S/C22H26N4O3/c1-16-5-3-4-6-17(16)15-25-8-10-26(11-9-25)21(27)14-23-22(28)19-13-20-18(24(19)2)7-12-29-20/h3-7,12-13H,8-11,14-15H2,1-2H3,(H,23,28). The van der Waals surface area contributed by atoms with Crippen molar-refractivity contribution in [3.8, 4) is 0 Å². The number of rotatable bonds is 5. The molecule has 0 spiro atoms. The van der Waals surface area contributed by atoms with Gasteiger partial charge in [0.1, 0.15) is 5.69 Å². The van der Waals surface area contributed by atoms with Crippen LogP contribution in [0.4, 0.5) is 0 Å². The van der Waals surface area contributed by atoms with Crippen LogP contribution in [-0.4, -0.2) is 58.9 Å². The van der Waals surface area contributed by atoms with Crippen LogP contribution in [0.3, 0.4) is 0 Å². The topological polar surface area (TPSA) is 70.7 Å². The summed E-state index contributed by atoms with van der Waals surface area (Å²) in [5, 5.41) is 2.74. The SMILES string of the molecule is Cc1ccccc1CN1CCN(C(=O)CNC(=O)c2cc3occc3n2C)CC1. The number of aryl methyl sites for hydroxylation is 2. The molecule has 7 nitrogen and oxygen atoms in total. The van der Waals surface area contributed by atoms with E-state index in [-0.39, 0.29) is 18.4 Å². The van der Waals surface area contributed by atoms with Gasteiger partial charge in [-0.2, -0.15) is 0 Å². The van der Waals surface area contributed by atoms with Gasteiger partial charge in [0.25, 0.3) is 5.91 Å². The molecule has 7 heteroatoms. The maximum absolute atomic E-state index is 12.5. The van der Waals surface area contributed by atoms with Crippen LogP contribution >= 0.6 is 0 Å². The Bertz CT molecular complexity index is 1030. The molecule has 0 radical (unpaired) electrons.